The summed E-state index contributed by atoms with van der Waals surface area (Å²) in [6.07, 6.45) is 1.90. The Bertz CT molecular complexity index is 470. The van der Waals surface area contributed by atoms with Gasteiger partial charge in [-0.05, 0) is 18.4 Å². The predicted molar refractivity (Wildman–Crippen MR) is 79.8 cm³/mol. The van der Waals surface area contributed by atoms with Crippen LogP contribution < -0.4 is 5.32 Å². The van der Waals surface area contributed by atoms with Gasteiger partial charge in [0, 0.05) is 17.3 Å². The second kappa shape index (κ2) is 6.76. The fourth-order valence-corrected chi connectivity index (χ4v) is 2.81. The molecule has 0 saturated carbocycles. The molecule has 0 saturated heterocycles. The molecule has 1 heterocycles. The van der Waals surface area contributed by atoms with Crippen molar-refractivity contribution in [2.75, 3.05) is 11.2 Å². The van der Waals surface area contributed by atoms with Gasteiger partial charge in [-0.1, -0.05) is 37.3 Å². The lowest BCUT2D eigenvalue weighted by Crippen LogP contribution is -2.24. The van der Waals surface area contributed by atoms with E-state index in [2.05, 4.69) is 46.9 Å². The molecule has 2 nitrogen and oxygen atoms in total. The molecule has 0 fully saturated rings. The summed E-state index contributed by atoms with van der Waals surface area (Å²) in [6.45, 7) is 2.11. The zero-order valence-corrected chi connectivity index (χ0v) is 12.0. The standard InChI is InChI=1S/C14H17ClN2S/c1-2-12-10-18-14(16-12)17-13(9-15)8-11-6-4-3-5-7-11/h3-7,10,13H,2,8-9H2,1H3,(H,16,17). The van der Waals surface area contributed by atoms with Crippen LogP contribution in [0.3, 0.4) is 0 Å². The van der Waals surface area contributed by atoms with Crippen LogP contribution in [-0.4, -0.2) is 16.9 Å². The lowest BCUT2D eigenvalue weighted by molar-refractivity contribution is 0.794. The van der Waals surface area contributed by atoms with E-state index >= 15 is 0 Å². The van der Waals surface area contributed by atoms with E-state index in [-0.39, 0.29) is 6.04 Å². The van der Waals surface area contributed by atoms with E-state index in [1.807, 2.05) is 6.07 Å². The maximum Gasteiger partial charge on any atom is 0.183 e. The number of anilines is 1. The number of thiazole rings is 1. The third-order valence-corrected chi connectivity index (χ3v) is 3.95. The van der Waals surface area contributed by atoms with Crippen LogP contribution in [0.1, 0.15) is 18.2 Å². The van der Waals surface area contributed by atoms with E-state index in [4.69, 9.17) is 11.6 Å². The Morgan fingerprint density at radius 3 is 2.72 bits per heavy atom. The number of hydrogen-bond donors (Lipinski definition) is 1. The molecule has 0 aliphatic rings. The number of aromatic nitrogens is 1. The van der Waals surface area contributed by atoms with Gasteiger partial charge < -0.3 is 5.32 Å². The van der Waals surface area contributed by atoms with E-state index in [9.17, 15) is 0 Å². The van der Waals surface area contributed by atoms with Crippen LogP contribution >= 0.6 is 22.9 Å². The summed E-state index contributed by atoms with van der Waals surface area (Å²) in [4.78, 5) is 4.51. The van der Waals surface area contributed by atoms with Crippen LogP contribution in [0.4, 0.5) is 5.13 Å². The zero-order chi connectivity index (χ0) is 12.8. The molecule has 1 aromatic heterocycles. The molecule has 0 radical (unpaired) electrons. The number of nitrogens with one attached hydrogen (secondary N) is 1. The maximum atomic E-state index is 6.02. The Morgan fingerprint density at radius 1 is 1.33 bits per heavy atom. The zero-order valence-electron chi connectivity index (χ0n) is 10.4. The van der Waals surface area contributed by atoms with Gasteiger partial charge in [-0.15, -0.1) is 22.9 Å². The summed E-state index contributed by atoms with van der Waals surface area (Å²) in [5.41, 5.74) is 2.43. The van der Waals surface area contributed by atoms with Crippen molar-refractivity contribution >= 4 is 28.1 Å². The molecule has 18 heavy (non-hydrogen) atoms. The second-order valence-corrected chi connectivity index (χ2v) is 5.35. The summed E-state index contributed by atoms with van der Waals surface area (Å²) >= 11 is 7.67. The first-order chi connectivity index (χ1) is 8.81. The lowest BCUT2D eigenvalue weighted by Gasteiger charge is -2.15. The number of benzene rings is 1. The number of hydrogen-bond acceptors (Lipinski definition) is 3. The molecule has 0 spiro atoms. The molecule has 2 rings (SSSR count). The minimum absolute atomic E-state index is 0.227. The van der Waals surface area contributed by atoms with Gasteiger partial charge in [-0.3, -0.25) is 0 Å². The number of rotatable bonds is 6. The first-order valence-electron chi connectivity index (χ1n) is 6.12. The molecule has 4 heteroatoms. The monoisotopic (exact) mass is 280 g/mol. The quantitative estimate of drug-likeness (QED) is 0.810. The first-order valence-corrected chi connectivity index (χ1v) is 7.54. The summed E-state index contributed by atoms with van der Waals surface area (Å²) in [5.74, 6) is 0.579. The van der Waals surface area contributed by atoms with Gasteiger partial charge in [0.1, 0.15) is 0 Å². The Hall–Kier alpha value is -1.06. The van der Waals surface area contributed by atoms with Crippen LogP contribution in [0.25, 0.3) is 0 Å². The molecular weight excluding hydrogens is 264 g/mol. The second-order valence-electron chi connectivity index (χ2n) is 4.18. The third kappa shape index (κ3) is 3.72. The van der Waals surface area contributed by atoms with Crippen LogP contribution in [0, 0.1) is 0 Å². The van der Waals surface area contributed by atoms with Crippen molar-refractivity contribution in [2.45, 2.75) is 25.8 Å². The normalized spacial score (nSPS) is 12.3. The Morgan fingerprint density at radius 2 is 2.11 bits per heavy atom. The Labute approximate surface area is 117 Å². The molecule has 0 amide bonds. The van der Waals surface area contributed by atoms with Crippen molar-refractivity contribution in [1.82, 2.24) is 4.98 Å². The lowest BCUT2D eigenvalue weighted by atomic mass is 10.1. The number of nitrogens with zero attached hydrogens (tertiary/aromatic N) is 1. The molecule has 0 aliphatic heterocycles. The molecule has 1 atom stereocenters. The first kappa shape index (κ1) is 13.4. The average molecular weight is 281 g/mol. The fourth-order valence-electron chi connectivity index (χ4n) is 1.75. The van der Waals surface area contributed by atoms with Gasteiger partial charge in [-0.2, -0.15) is 0 Å². The fraction of sp³-hybridized carbons (Fsp3) is 0.357. The van der Waals surface area contributed by atoms with Gasteiger partial charge in [-0.25, -0.2) is 4.98 Å². The molecule has 96 valence electrons. The van der Waals surface area contributed by atoms with Crippen molar-refractivity contribution in [3.63, 3.8) is 0 Å². The third-order valence-electron chi connectivity index (χ3n) is 2.75. The smallest absolute Gasteiger partial charge is 0.183 e. The van der Waals surface area contributed by atoms with E-state index in [0.717, 1.165) is 23.7 Å². The highest BCUT2D eigenvalue weighted by Gasteiger charge is 2.10. The van der Waals surface area contributed by atoms with Crippen LogP contribution in [-0.2, 0) is 12.8 Å². The Kier molecular flexibility index (Phi) is 5.02. The predicted octanol–water partition coefficient (Wildman–Crippen LogP) is 3.97. The topological polar surface area (TPSA) is 24.9 Å². The van der Waals surface area contributed by atoms with Gasteiger partial charge >= 0.3 is 0 Å². The number of aryl methyl sites for hydroxylation is 1. The summed E-state index contributed by atoms with van der Waals surface area (Å²) in [6, 6.07) is 10.6. The largest absolute Gasteiger partial charge is 0.357 e. The number of alkyl halides is 1. The van der Waals surface area contributed by atoms with E-state index < -0.39 is 0 Å². The van der Waals surface area contributed by atoms with Crippen molar-refractivity contribution < 1.29 is 0 Å². The van der Waals surface area contributed by atoms with Crippen LogP contribution in [0.5, 0.6) is 0 Å². The van der Waals surface area contributed by atoms with Gasteiger partial charge in [0.2, 0.25) is 0 Å². The summed E-state index contributed by atoms with van der Waals surface area (Å²) in [7, 11) is 0. The molecule has 0 bridgehead atoms. The van der Waals surface area contributed by atoms with Crippen LogP contribution in [0.15, 0.2) is 35.7 Å². The maximum absolute atomic E-state index is 6.02. The molecular formula is C14H17ClN2S. The van der Waals surface area contributed by atoms with Gasteiger partial charge in [0.05, 0.1) is 5.69 Å². The molecule has 2 aromatic rings. The average Bonchev–Trinajstić information content (AvgIpc) is 2.87. The summed E-state index contributed by atoms with van der Waals surface area (Å²) in [5, 5.41) is 6.47. The van der Waals surface area contributed by atoms with Crippen molar-refractivity contribution in [3.8, 4) is 0 Å². The minimum atomic E-state index is 0.227. The van der Waals surface area contributed by atoms with Crippen molar-refractivity contribution in [2.24, 2.45) is 0 Å². The highest BCUT2D eigenvalue weighted by Crippen LogP contribution is 2.18. The molecule has 1 unspecified atom stereocenters. The molecule has 0 aliphatic carbocycles. The van der Waals surface area contributed by atoms with E-state index in [1.165, 1.54) is 5.56 Å². The highest BCUT2D eigenvalue weighted by atomic mass is 35.5. The van der Waals surface area contributed by atoms with Crippen molar-refractivity contribution in [3.05, 3.63) is 47.0 Å². The minimum Gasteiger partial charge on any atom is -0.357 e. The number of halogens is 1. The Balaban J connectivity index is 1.97. The van der Waals surface area contributed by atoms with Gasteiger partial charge in [0.25, 0.3) is 0 Å². The van der Waals surface area contributed by atoms with Crippen LogP contribution in [0.2, 0.25) is 0 Å². The summed E-state index contributed by atoms with van der Waals surface area (Å²) < 4.78 is 0. The van der Waals surface area contributed by atoms with E-state index in [1.54, 1.807) is 11.3 Å². The SMILES string of the molecule is CCc1csc(NC(CCl)Cc2ccccc2)n1. The molecule has 1 N–H and O–H groups in total. The van der Waals surface area contributed by atoms with Gasteiger partial charge in [0.15, 0.2) is 5.13 Å². The highest BCUT2D eigenvalue weighted by molar-refractivity contribution is 7.13. The van der Waals surface area contributed by atoms with E-state index in [0.29, 0.717) is 5.88 Å². The molecule has 1 aromatic carbocycles. The van der Waals surface area contributed by atoms with Crippen molar-refractivity contribution in [1.29, 1.82) is 0 Å².